The van der Waals surface area contributed by atoms with Gasteiger partial charge < -0.3 is 0 Å². The predicted octanol–water partition coefficient (Wildman–Crippen LogP) is 3.09. The Hall–Kier alpha value is -1.92. The van der Waals surface area contributed by atoms with E-state index >= 15 is 0 Å². The highest BCUT2D eigenvalue weighted by Crippen LogP contribution is 2.30. The Balaban J connectivity index is 3.14. The molecule has 16 heavy (non-hydrogen) atoms. The van der Waals surface area contributed by atoms with Gasteiger partial charge in [0.05, 0.1) is 10.5 Å². The Bertz CT molecular complexity index is 440. The first-order valence-electron chi connectivity index (χ1n) is 3.99. The third kappa shape index (κ3) is 3.04. The standard InChI is InChI=1S/C9H5F4NO2/c10-8-2-1-7(9(11,12)13)5-6(8)3-4-14(15)16/h1-5H/b4-3+. The molecular weight excluding hydrogens is 230 g/mol. The molecule has 0 radical (unpaired) electrons. The van der Waals surface area contributed by atoms with Crippen LogP contribution in [0.5, 0.6) is 0 Å². The van der Waals surface area contributed by atoms with Crippen molar-refractivity contribution in [3.8, 4) is 0 Å². The second-order valence-electron chi connectivity index (χ2n) is 2.84. The molecule has 0 spiro atoms. The van der Waals surface area contributed by atoms with Crippen molar-refractivity contribution in [2.75, 3.05) is 0 Å². The summed E-state index contributed by atoms with van der Waals surface area (Å²) in [4.78, 5) is 9.05. The van der Waals surface area contributed by atoms with Crippen LogP contribution < -0.4 is 0 Å². The molecule has 3 nitrogen and oxygen atoms in total. The maximum absolute atomic E-state index is 13.0. The van der Waals surface area contributed by atoms with Crippen molar-refractivity contribution < 1.29 is 22.5 Å². The summed E-state index contributed by atoms with van der Waals surface area (Å²) in [6, 6.07) is 1.69. The lowest BCUT2D eigenvalue weighted by atomic mass is 10.1. The van der Waals surface area contributed by atoms with Crippen LogP contribution >= 0.6 is 0 Å². The van der Waals surface area contributed by atoms with Gasteiger partial charge in [0.15, 0.2) is 0 Å². The summed E-state index contributed by atoms with van der Waals surface area (Å²) in [5.74, 6) is -0.953. The number of nitro groups is 1. The largest absolute Gasteiger partial charge is 0.416 e. The van der Waals surface area contributed by atoms with E-state index < -0.39 is 28.0 Å². The second-order valence-corrected chi connectivity index (χ2v) is 2.84. The first kappa shape index (κ1) is 12.2. The van der Waals surface area contributed by atoms with Gasteiger partial charge in [-0.25, -0.2) is 4.39 Å². The molecule has 0 aromatic heterocycles. The highest BCUT2D eigenvalue weighted by Gasteiger charge is 2.30. The fraction of sp³-hybridized carbons (Fsp3) is 0.111. The summed E-state index contributed by atoms with van der Waals surface area (Å²) in [7, 11) is 0. The van der Waals surface area contributed by atoms with Gasteiger partial charge in [0.1, 0.15) is 5.82 Å². The smallest absolute Gasteiger partial charge is 0.259 e. The van der Waals surface area contributed by atoms with Crippen LogP contribution in [-0.4, -0.2) is 4.92 Å². The lowest BCUT2D eigenvalue weighted by molar-refractivity contribution is -0.400. The molecule has 1 aromatic carbocycles. The molecule has 0 saturated heterocycles. The van der Waals surface area contributed by atoms with E-state index in [-0.39, 0.29) is 0 Å². The average Bonchev–Trinajstić information content (AvgIpc) is 2.14. The quantitative estimate of drug-likeness (QED) is 0.449. The van der Waals surface area contributed by atoms with E-state index in [2.05, 4.69) is 0 Å². The highest BCUT2D eigenvalue weighted by atomic mass is 19.4. The van der Waals surface area contributed by atoms with E-state index in [1.807, 2.05) is 0 Å². The van der Waals surface area contributed by atoms with Gasteiger partial charge in [0.2, 0.25) is 6.20 Å². The van der Waals surface area contributed by atoms with Crippen molar-refractivity contribution in [3.05, 3.63) is 51.5 Å². The maximum Gasteiger partial charge on any atom is 0.416 e. The summed E-state index contributed by atoms with van der Waals surface area (Å²) in [5, 5.41) is 9.94. The van der Waals surface area contributed by atoms with Crippen molar-refractivity contribution >= 4 is 6.08 Å². The number of alkyl halides is 3. The summed E-state index contributed by atoms with van der Waals surface area (Å²) in [5.41, 5.74) is -1.54. The Morgan fingerprint density at radius 2 is 1.94 bits per heavy atom. The Morgan fingerprint density at radius 3 is 2.44 bits per heavy atom. The molecule has 0 aliphatic carbocycles. The van der Waals surface area contributed by atoms with Gasteiger partial charge in [-0.3, -0.25) is 10.1 Å². The van der Waals surface area contributed by atoms with Gasteiger partial charge in [-0.05, 0) is 18.2 Å². The van der Waals surface area contributed by atoms with Gasteiger partial charge in [0.25, 0.3) is 0 Å². The minimum atomic E-state index is -4.61. The molecule has 0 amide bonds. The van der Waals surface area contributed by atoms with E-state index in [9.17, 15) is 27.7 Å². The summed E-state index contributed by atoms with van der Waals surface area (Å²) in [6.07, 6.45) is -3.56. The van der Waals surface area contributed by atoms with Crippen LogP contribution in [-0.2, 0) is 6.18 Å². The molecule has 0 aliphatic rings. The van der Waals surface area contributed by atoms with E-state index in [4.69, 9.17) is 0 Å². The average molecular weight is 235 g/mol. The number of rotatable bonds is 2. The zero-order valence-electron chi connectivity index (χ0n) is 7.66. The summed E-state index contributed by atoms with van der Waals surface area (Å²) < 4.78 is 49.6. The molecular formula is C9H5F4NO2. The molecule has 0 saturated carbocycles. The number of hydrogen-bond donors (Lipinski definition) is 0. The van der Waals surface area contributed by atoms with E-state index in [0.29, 0.717) is 30.5 Å². The van der Waals surface area contributed by atoms with Crippen LogP contribution in [0.3, 0.4) is 0 Å². The van der Waals surface area contributed by atoms with Gasteiger partial charge >= 0.3 is 6.18 Å². The molecule has 1 rings (SSSR count). The monoisotopic (exact) mass is 235 g/mol. The summed E-state index contributed by atoms with van der Waals surface area (Å²) >= 11 is 0. The van der Waals surface area contributed by atoms with E-state index in [0.717, 1.165) is 0 Å². The van der Waals surface area contributed by atoms with Crippen LogP contribution in [0.1, 0.15) is 11.1 Å². The Labute approximate surface area is 87.2 Å². The van der Waals surface area contributed by atoms with Crippen molar-refractivity contribution in [2.24, 2.45) is 0 Å². The Kier molecular flexibility index (Phi) is 3.26. The normalized spacial score (nSPS) is 12.0. The fourth-order valence-corrected chi connectivity index (χ4v) is 0.989. The molecule has 86 valence electrons. The molecule has 0 aliphatic heterocycles. The molecule has 0 heterocycles. The molecule has 1 aromatic rings. The first-order chi connectivity index (χ1) is 7.30. The third-order valence-electron chi connectivity index (χ3n) is 1.70. The minimum absolute atomic E-state index is 0.374. The number of halogens is 4. The SMILES string of the molecule is O=[N+]([O-])/C=C/c1cc(C(F)(F)F)ccc1F. The highest BCUT2D eigenvalue weighted by molar-refractivity contribution is 5.50. The molecule has 0 fully saturated rings. The van der Waals surface area contributed by atoms with Crippen LogP contribution in [0.2, 0.25) is 0 Å². The van der Waals surface area contributed by atoms with Crippen LogP contribution in [0, 0.1) is 15.9 Å². The lowest BCUT2D eigenvalue weighted by Crippen LogP contribution is -2.05. The fourth-order valence-electron chi connectivity index (χ4n) is 0.989. The second kappa shape index (κ2) is 4.30. The van der Waals surface area contributed by atoms with Gasteiger partial charge in [0, 0.05) is 11.6 Å². The van der Waals surface area contributed by atoms with Gasteiger partial charge in [-0.2, -0.15) is 13.2 Å². The lowest BCUT2D eigenvalue weighted by Gasteiger charge is -2.07. The van der Waals surface area contributed by atoms with Gasteiger partial charge in [-0.1, -0.05) is 0 Å². The minimum Gasteiger partial charge on any atom is -0.259 e. The van der Waals surface area contributed by atoms with Crippen LogP contribution in [0.4, 0.5) is 17.6 Å². The zero-order valence-corrected chi connectivity index (χ0v) is 7.66. The molecule has 0 bridgehead atoms. The zero-order chi connectivity index (χ0) is 12.3. The van der Waals surface area contributed by atoms with Gasteiger partial charge in [-0.15, -0.1) is 0 Å². The molecule has 0 N–H and O–H groups in total. The number of hydrogen-bond acceptors (Lipinski definition) is 2. The van der Waals surface area contributed by atoms with Crippen molar-refractivity contribution in [2.45, 2.75) is 6.18 Å². The number of nitrogens with zero attached hydrogens (tertiary/aromatic N) is 1. The van der Waals surface area contributed by atoms with Crippen molar-refractivity contribution in [1.82, 2.24) is 0 Å². The molecule has 0 unspecified atom stereocenters. The maximum atomic E-state index is 13.0. The van der Waals surface area contributed by atoms with E-state index in [1.54, 1.807) is 0 Å². The van der Waals surface area contributed by atoms with Crippen molar-refractivity contribution in [3.63, 3.8) is 0 Å². The molecule has 0 atom stereocenters. The van der Waals surface area contributed by atoms with Crippen LogP contribution in [0.15, 0.2) is 24.4 Å². The van der Waals surface area contributed by atoms with Crippen molar-refractivity contribution in [1.29, 1.82) is 0 Å². The third-order valence-corrected chi connectivity index (χ3v) is 1.70. The predicted molar refractivity (Wildman–Crippen MR) is 47.4 cm³/mol. The first-order valence-corrected chi connectivity index (χ1v) is 3.99. The molecule has 7 heteroatoms. The Morgan fingerprint density at radius 1 is 1.31 bits per heavy atom. The summed E-state index contributed by atoms with van der Waals surface area (Å²) in [6.45, 7) is 0. The van der Waals surface area contributed by atoms with E-state index in [1.165, 1.54) is 0 Å². The topological polar surface area (TPSA) is 43.1 Å². The van der Waals surface area contributed by atoms with Crippen LogP contribution in [0.25, 0.3) is 6.08 Å². The number of benzene rings is 1.